The van der Waals surface area contributed by atoms with Crippen molar-refractivity contribution in [2.45, 2.75) is 39.2 Å². The van der Waals surface area contributed by atoms with E-state index in [1.165, 1.54) is 0 Å². The minimum Gasteiger partial charge on any atom is -0.480 e. The third-order valence-corrected chi connectivity index (χ3v) is 4.31. The van der Waals surface area contributed by atoms with Gasteiger partial charge in [0.1, 0.15) is 6.04 Å². The van der Waals surface area contributed by atoms with Crippen molar-refractivity contribution >= 4 is 16.2 Å². The first-order valence-electron chi connectivity index (χ1n) is 5.84. The van der Waals surface area contributed by atoms with E-state index in [2.05, 4.69) is 4.72 Å². The Morgan fingerprint density at radius 3 is 2.65 bits per heavy atom. The van der Waals surface area contributed by atoms with Gasteiger partial charge in [-0.2, -0.15) is 12.7 Å². The first-order valence-corrected chi connectivity index (χ1v) is 7.28. The fourth-order valence-electron chi connectivity index (χ4n) is 1.79. The van der Waals surface area contributed by atoms with Gasteiger partial charge in [0, 0.05) is 13.1 Å². The van der Waals surface area contributed by atoms with E-state index in [-0.39, 0.29) is 12.5 Å². The Bertz CT molecular complexity index is 367. The topological polar surface area (TPSA) is 86.7 Å². The highest BCUT2D eigenvalue weighted by atomic mass is 32.2. The number of nitrogens with one attached hydrogen (secondary N) is 1. The van der Waals surface area contributed by atoms with Crippen LogP contribution in [0.5, 0.6) is 0 Å². The predicted octanol–water partition coefficient (Wildman–Crippen LogP) is 0.416. The van der Waals surface area contributed by atoms with Gasteiger partial charge in [-0.15, -0.1) is 0 Å². The standard InChI is InChI=1S/C10H20N2O4S/c1-8(2)7-11-17(15,16)12-6-4-3-5-9(12)10(13)14/h8-9,11H,3-7H2,1-2H3,(H,13,14). The lowest BCUT2D eigenvalue weighted by atomic mass is 10.1. The molecule has 1 atom stereocenters. The molecule has 0 aliphatic carbocycles. The molecule has 0 amide bonds. The summed E-state index contributed by atoms with van der Waals surface area (Å²) in [4.78, 5) is 11.0. The lowest BCUT2D eigenvalue weighted by molar-refractivity contribution is -0.142. The normalized spacial score (nSPS) is 22.9. The molecule has 1 fully saturated rings. The molecule has 6 nitrogen and oxygen atoms in total. The molecular weight excluding hydrogens is 244 g/mol. The number of hydrogen-bond acceptors (Lipinski definition) is 3. The van der Waals surface area contributed by atoms with Crippen LogP contribution in [0, 0.1) is 5.92 Å². The predicted molar refractivity (Wildman–Crippen MR) is 63.7 cm³/mol. The van der Waals surface area contributed by atoms with Crippen molar-refractivity contribution in [2.24, 2.45) is 5.92 Å². The maximum atomic E-state index is 12.0. The third kappa shape index (κ3) is 3.93. The minimum atomic E-state index is -3.67. The molecule has 0 radical (unpaired) electrons. The van der Waals surface area contributed by atoms with Gasteiger partial charge in [-0.3, -0.25) is 4.79 Å². The monoisotopic (exact) mass is 264 g/mol. The summed E-state index contributed by atoms with van der Waals surface area (Å²) in [6.07, 6.45) is 1.86. The lowest BCUT2D eigenvalue weighted by Gasteiger charge is -2.31. The number of piperidine rings is 1. The Morgan fingerprint density at radius 2 is 2.12 bits per heavy atom. The Kier molecular flexibility index (Phi) is 4.91. The van der Waals surface area contributed by atoms with Gasteiger partial charge in [0.05, 0.1) is 0 Å². The summed E-state index contributed by atoms with van der Waals surface area (Å²) in [5.41, 5.74) is 0. The summed E-state index contributed by atoms with van der Waals surface area (Å²) in [7, 11) is -3.67. The van der Waals surface area contributed by atoms with Gasteiger partial charge < -0.3 is 5.11 Å². The van der Waals surface area contributed by atoms with E-state index in [9.17, 15) is 13.2 Å². The smallest absolute Gasteiger partial charge is 0.322 e. The highest BCUT2D eigenvalue weighted by Crippen LogP contribution is 2.19. The van der Waals surface area contributed by atoms with Crippen LogP contribution < -0.4 is 4.72 Å². The van der Waals surface area contributed by atoms with Crippen LogP contribution >= 0.6 is 0 Å². The molecule has 100 valence electrons. The van der Waals surface area contributed by atoms with Crippen LogP contribution in [0.25, 0.3) is 0 Å². The zero-order valence-corrected chi connectivity index (χ0v) is 11.0. The Balaban J connectivity index is 2.76. The van der Waals surface area contributed by atoms with Gasteiger partial charge in [0.15, 0.2) is 0 Å². The second kappa shape index (κ2) is 5.79. The molecule has 1 rings (SSSR count). The molecule has 1 unspecified atom stereocenters. The number of nitrogens with zero attached hydrogens (tertiary/aromatic N) is 1. The molecule has 1 aliphatic heterocycles. The molecule has 1 saturated heterocycles. The Hall–Kier alpha value is -0.660. The van der Waals surface area contributed by atoms with Crippen LogP contribution in [-0.4, -0.2) is 42.9 Å². The van der Waals surface area contributed by atoms with Crippen LogP contribution in [0.3, 0.4) is 0 Å². The summed E-state index contributed by atoms with van der Waals surface area (Å²) in [6, 6.07) is -0.923. The van der Waals surface area contributed by atoms with E-state index in [0.29, 0.717) is 19.4 Å². The molecule has 0 spiro atoms. The van der Waals surface area contributed by atoms with Crippen LogP contribution in [-0.2, 0) is 15.0 Å². The number of hydrogen-bond donors (Lipinski definition) is 2. The number of carbonyl (C=O) groups is 1. The van der Waals surface area contributed by atoms with E-state index in [1.807, 2.05) is 13.8 Å². The maximum absolute atomic E-state index is 12.0. The van der Waals surface area contributed by atoms with Gasteiger partial charge in [-0.25, -0.2) is 4.72 Å². The number of carboxylic acids is 1. The van der Waals surface area contributed by atoms with E-state index >= 15 is 0 Å². The zero-order chi connectivity index (χ0) is 13.1. The molecule has 0 saturated carbocycles. The minimum absolute atomic E-state index is 0.192. The summed E-state index contributed by atoms with van der Waals surface area (Å²) in [6.45, 7) is 4.40. The second-order valence-electron chi connectivity index (χ2n) is 4.71. The molecule has 0 aromatic rings. The molecule has 1 aliphatic rings. The van der Waals surface area contributed by atoms with Crippen molar-refractivity contribution < 1.29 is 18.3 Å². The van der Waals surface area contributed by atoms with Crippen molar-refractivity contribution in [3.63, 3.8) is 0 Å². The summed E-state index contributed by atoms with van der Waals surface area (Å²) in [5.74, 6) is -0.877. The van der Waals surface area contributed by atoms with Gasteiger partial charge >= 0.3 is 5.97 Å². The Labute approximate surface area is 102 Å². The SMILES string of the molecule is CC(C)CNS(=O)(=O)N1CCCCC1C(=O)O. The second-order valence-corrected chi connectivity index (χ2v) is 6.42. The molecule has 0 aromatic carbocycles. The molecule has 7 heteroatoms. The van der Waals surface area contributed by atoms with Gasteiger partial charge in [0.25, 0.3) is 10.2 Å². The largest absolute Gasteiger partial charge is 0.480 e. The van der Waals surface area contributed by atoms with Gasteiger partial charge in [0.2, 0.25) is 0 Å². The fourth-order valence-corrected chi connectivity index (χ4v) is 3.40. The molecular formula is C10H20N2O4S. The van der Waals surface area contributed by atoms with E-state index in [4.69, 9.17) is 5.11 Å². The molecule has 17 heavy (non-hydrogen) atoms. The van der Waals surface area contributed by atoms with Crippen LogP contribution in [0.1, 0.15) is 33.1 Å². The van der Waals surface area contributed by atoms with Crippen molar-refractivity contribution in [3.8, 4) is 0 Å². The molecule has 0 aromatic heterocycles. The van der Waals surface area contributed by atoms with Crippen molar-refractivity contribution in [1.82, 2.24) is 9.03 Å². The zero-order valence-electron chi connectivity index (χ0n) is 10.2. The summed E-state index contributed by atoms with van der Waals surface area (Å²) in [5, 5.41) is 9.02. The van der Waals surface area contributed by atoms with Crippen LogP contribution in [0.4, 0.5) is 0 Å². The average molecular weight is 264 g/mol. The van der Waals surface area contributed by atoms with Crippen LogP contribution in [0.15, 0.2) is 0 Å². The fraction of sp³-hybridized carbons (Fsp3) is 0.900. The number of aliphatic carboxylic acids is 1. The highest BCUT2D eigenvalue weighted by molar-refractivity contribution is 7.87. The van der Waals surface area contributed by atoms with Gasteiger partial charge in [-0.1, -0.05) is 13.8 Å². The molecule has 1 heterocycles. The third-order valence-electron chi connectivity index (χ3n) is 2.72. The first kappa shape index (κ1) is 14.4. The maximum Gasteiger partial charge on any atom is 0.322 e. The van der Waals surface area contributed by atoms with E-state index < -0.39 is 22.2 Å². The Morgan fingerprint density at radius 1 is 1.47 bits per heavy atom. The van der Waals surface area contributed by atoms with Crippen molar-refractivity contribution in [3.05, 3.63) is 0 Å². The summed E-state index contributed by atoms with van der Waals surface area (Å²) >= 11 is 0. The lowest BCUT2D eigenvalue weighted by Crippen LogP contribution is -2.52. The number of carboxylic acid groups (broad SMARTS) is 1. The van der Waals surface area contributed by atoms with E-state index in [0.717, 1.165) is 10.7 Å². The van der Waals surface area contributed by atoms with E-state index in [1.54, 1.807) is 0 Å². The molecule has 2 N–H and O–H groups in total. The van der Waals surface area contributed by atoms with Crippen LogP contribution in [0.2, 0.25) is 0 Å². The average Bonchev–Trinajstić information content (AvgIpc) is 2.26. The highest BCUT2D eigenvalue weighted by Gasteiger charge is 2.36. The quantitative estimate of drug-likeness (QED) is 0.753. The number of rotatable bonds is 5. The summed E-state index contributed by atoms with van der Waals surface area (Å²) < 4.78 is 27.4. The molecule has 0 bridgehead atoms. The van der Waals surface area contributed by atoms with Crippen molar-refractivity contribution in [2.75, 3.05) is 13.1 Å². The van der Waals surface area contributed by atoms with Gasteiger partial charge in [-0.05, 0) is 25.2 Å². The first-order chi connectivity index (χ1) is 7.84. The van der Waals surface area contributed by atoms with Crippen molar-refractivity contribution in [1.29, 1.82) is 0 Å².